The molecule has 0 aliphatic rings. The predicted octanol–water partition coefficient (Wildman–Crippen LogP) is 13.2. The molecule has 0 aromatic carbocycles. The van der Waals surface area contributed by atoms with Gasteiger partial charge in [0.2, 0.25) is 0 Å². The quantitative estimate of drug-likeness (QED) is 0.0775. The fourth-order valence-corrected chi connectivity index (χ4v) is 4.07. The van der Waals surface area contributed by atoms with E-state index in [4.69, 9.17) is 28.4 Å². The van der Waals surface area contributed by atoms with Gasteiger partial charge in [-0.25, -0.2) is 0 Å². The minimum atomic E-state index is -10.7. The Balaban J connectivity index is 0.000000409. The molecule has 342 valence electrons. The molecule has 0 spiro atoms. The van der Waals surface area contributed by atoms with Crippen molar-refractivity contribution in [2.45, 2.75) is 0 Å². The van der Waals surface area contributed by atoms with E-state index in [2.05, 4.69) is 29.9 Å². The van der Waals surface area contributed by atoms with Gasteiger partial charge < -0.3 is 28.4 Å². The summed E-state index contributed by atoms with van der Waals surface area (Å²) in [5.41, 5.74) is 4.57. The molecule has 27 heteroatoms. The summed E-state index contributed by atoms with van der Waals surface area (Å²) in [5.74, 6) is 4.55. The first-order chi connectivity index (χ1) is 28.4. The van der Waals surface area contributed by atoms with E-state index in [1.165, 1.54) is 0 Å². The zero-order chi connectivity index (χ0) is 47.0. The van der Waals surface area contributed by atoms with Crippen molar-refractivity contribution in [3.63, 3.8) is 0 Å². The summed E-state index contributed by atoms with van der Waals surface area (Å²) < 4.78 is 149. The number of hydrogen-bond donors (Lipinski definition) is 0. The smallest absolute Gasteiger partial charge is 2.00 e. The zero-order valence-electron chi connectivity index (χ0n) is 33.7. The number of ether oxygens (including phenoxy) is 6. The van der Waals surface area contributed by atoms with Gasteiger partial charge in [-0.15, -0.1) is 0 Å². The van der Waals surface area contributed by atoms with E-state index in [1.807, 2.05) is 36.4 Å². The minimum absolute atomic E-state index is 0. The van der Waals surface area contributed by atoms with E-state index < -0.39 is 15.6 Å². The Hall–Kier alpha value is -5.66. The van der Waals surface area contributed by atoms with Gasteiger partial charge in [0.15, 0.2) is 0 Å². The molecule has 0 fully saturated rings. The van der Waals surface area contributed by atoms with Crippen molar-refractivity contribution in [1.29, 1.82) is 0 Å². The number of halogens is 12. The number of nitrogens with zero attached hydrogens (tertiary/aromatic N) is 6. The fourth-order valence-electron chi connectivity index (χ4n) is 4.07. The van der Waals surface area contributed by atoms with Crippen molar-refractivity contribution in [2.24, 2.45) is 0 Å². The average molecular weight is 1000 g/mol. The summed E-state index contributed by atoms with van der Waals surface area (Å²) in [7, 11) is -11.6. The van der Waals surface area contributed by atoms with Crippen LogP contribution in [0.3, 0.4) is 0 Å². The first-order valence-electron chi connectivity index (χ1n) is 16.5. The maximum absolute atomic E-state index is 10.7. The van der Waals surface area contributed by atoms with Crippen LogP contribution in [0.15, 0.2) is 110 Å². The van der Waals surface area contributed by atoms with Crippen LogP contribution in [0.1, 0.15) is 0 Å². The largest absolute Gasteiger partial charge is 2.00 e. The Kier molecular flexibility index (Phi) is 18.6. The standard InChI is InChI=1S/3C12H12N2O2.2F6P.Zn/c3*1-15-9-3-5-13-11(7-9)12-8-10(16-2)4-6-14-12;2*1-7(2,3,4,5)6;/h3*3-8H,1-2H3;;;/q;;;2*-1;+2. The van der Waals surface area contributed by atoms with Crippen molar-refractivity contribution in [1.82, 2.24) is 29.9 Å². The van der Waals surface area contributed by atoms with Crippen LogP contribution in [0.25, 0.3) is 34.2 Å². The Bertz CT molecular complexity index is 1970. The summed E-state index contributed by atoms with van der Waals surface area (Å²) in [6.45, 7) is 0. The van der Waals surface area contributed by atoms with E-state index in [9.17, 15) is 50.4 Å². The van der Waals surface area contributed by atoms with Gasteiger partial charge in [-0.1, -0.05) is 0 Å². The van der Waals surface area contributed by atoms with Crippen LogP contribution >= 0.6 is 15.6 Å². The van der Waals surface area contributed by atoms with E-state index in [0.29, 0.717) is 0 Å². The maximum atomic E-state index is 9.87. The van der Waals surface area contributed by atoms with Crippen LogP contribution < -0.4 is 28.4 Å². The number of rotatable bonds is 9. The van der Waals surface area contributed by atoms with Gasteiger partial charge >= 0.3 is 85.5 Å². The second kappa shape index (κ2) is 21.1. The first-order valence-corrected chi connectivity index (χ1v) is 20.6. The Morgan fingerprint density at radius 2 is 0.397 bits per heavy atom. The average Bonchev–Trinajstić information content (AvgIpc) is 3.22. The summed E-state index contributed by atoms with van der Waals surface area (Å²) in [6.07, 6.45) is 10.1. The van der Waals surface area contributed by atoms with Gasteiger partial charge in [-0.2, -0.15) is 0 Å². The second-order valence-corrected chi connectivity index (χ2v) is 15.2. The third-order valence-electron chi connectivity index (χ3n) is 6.59. The molecule has 6 aromatic heterocycles. The van der Waals surface area contributed by atoms with Crippen LogP contribution in [-0.2, 0) is 19.5 Å². The first kappa shape index (κ1) is 55.4. The van der Waals surface area contributed by atoms with Gasteiger partial charge in [0, 0.05) is 73.6 Å². The van der Waals surface area contributed by atoms with Crippen molar-refractivity contribution < 1.29 is 98.3 Å². The SMILES string of the molecule is COc1ccnc(-c2cc(OC)ccn2)c1.COc1ccnc(-c2cc(OC)ccn2)c1.COc1ccnc(-c2cc(OC)ccn2)c1.F[P-](F)(F)(F)(F)F.F[P-](F)(F)(F)(F)F.[Zn+2]. The molecule has 0 saturated heterocycles. The van der Waals surface area contributed by atoms with Crippen LogP contribution in [0.5, 0.6) is 34.5 Å². The van der Waals surface area contributed by atoms with E-state index in [-0.39, 0.29) is 19.5 Å². The zero-order valence-corrected chi connectivity index (χ0v) is 38.4. The molecule has 6 heterocycles. The molecular formula is C36H36F12N6O6P2Zn. The Labute approximate surface area is 364 Å². The van der Waals surface area contributed by atoms with Gasteiger partial charge in [0.05, 0.1) is 76.8 Å². The maximum Gasteiger partial charge on any atom is 2.00 e. The monoisotopic (exact) mass is 1000 g/mol. The van der Waals surface area contributed by atoms with Crippen molar-refractivity contribution in [2.75, 3.05) is 42.7 Å². The van der Waals surface area contributed by atoms with Crippen molar-refractivity contribution in [3.05, 3.63) is 110 Å². The molecule has 0 aliphatic carbocycles. The number of methoxy groups -OCH3 is 6. The fraction of sp³-hybridized carbons (Fsp3) is 0.167. The van der Waals surface area contributed by atoms with E-state index in [0.717, 1.165) is 68.7 Å². The van der Waals surface area contributed by atoms with Gasteiger partial charge in [0.1, 0.15) is 34.5 Å². The molecule has 12 nitrogen and oxygen atoms in total. The molecule has 0 saturated carbocycles. The van der Waals surface area contributed by atoms with Crippen LogP contribution in [0, 0.1) is 0 Å². The molecule has 0 unspecified atom stereocenters. The second-order valence-electron chi connectivity index (χ2n) is 11.4. The number of aromatic nitrogens is 6. The number of hydrogen-bond acceptors (Lipinski definition) is 12. The van der Waals surface area contributed by atoms with Gasteiger partial charge in [0.25, 0.3) is 0 Å². The minimum Gasteiger partial charge on any atom is 2.00 e. The summed E-state index contributed by atoms with van der Waals surface area (Å²) in [5, 5.41) is 0. The molecule has 0 radical (unpaired) electrons. The molecular weight excluding hydrogens is 968 g/mol. The molecule has 6 aromatic rings. The summed E-state index contributed by atoms with van der Waals surface area (Å²) in [4.78, 5) is 25.4. The molecule has 63 heavy (non-hydrogen) atoms. The predicted molar refractivity (Wildman–Crippen MR) is 209 cm³/mol. The molecule has 0 amide bonds. The van der Waals surface area contributed by atoms with Crippen LogP contribution in [-0.4, -0.2) is 72.6 Å². The summed E-state index contributed by atoms with van der Waals surface area (Å²) in [6, 6.07) is 21.8. The topological polar surface area (TPSA) is 133 Å². The third kappa shape index (κ3) is 27.1. The van der Waals surface area contributed by atoms with E-state index in [1.54, 1.807) is 116 Å². The molecule has 0 bridgehead atoms. The summed E-state index contributed by atoms with van der Waals surface area (Å²) >= 11 is 0. The molecule has 6 rings (SSSR count). The Morgan fingerprint density at radius 1 is 0.286 bits per heavy atom. The third-order valence-corrected chi connectivity index (χ3v) is 6.59. The van der Waals surface area contributed by atoms with Crippen molar-refractivity contribution >= 4 is 15.6 Å². The normalized spacial score (nSPS) is 12.7. The van der Waals surface area contributed by atoms with Gasteiger partial charge in [-0.3, -0.25) is 29.9 Å². The van der Waals surface area contributed by atoms with Crippen LogP contribution in [0.4, 0.5) is 50.4 Å². The van der Waals surface area contributed by atoms with Crippen molar-refractivity contribution in [3.8, 4) is 68.7 Å². The van der Waals surface area contributed by atoms with Crippen LogP contribution in [0.2, 0.25) is 0 Å². The molecule has 0 atom stereocenters. The number of pyridine rings is 6. The molecule has 0 N–H and O–H groups in total. The van der Waals surface area contributed by atoms with E-state index >= 15 is 0 Å². The molecule has 0 aliphatic heterocycles. The Morgan fingerprint density at radius 3 is 0.492 bits per heavy atom. The van der Waals surface area contributed by atoms with Gasteiger partial charge in [-0.05, 0) is 36.4 Å².